The second-order valence-electron chi connectivity index (χ2n) is 5.05. The number of aromatic nitrogens is 1. The molecule has 0 fully saturated rings. The molecule has 0 unspecified atom stereocenters. The lowest BCUT2D eigenvalue weighted by Gasteiger charge is -2.18. The third kappa shape index (κ3) is 4.85. The minimum Gasteiger partial charge on any atom is -0.480 e. The summed E-state index contributed by atoms with van der Waals surface area (Å²) >= 11 is 1.30. The second-order valence-corrected chi connectivity index (χ2v) is 6.00. The van der Waals surface area contributed by atoms with Crippen molar-refractivity contribution in [3.8, 4) is 0 Å². The highest BCUT2D eigenvalue weighted by molar-refractivity contribution is 7.09. The van der Waals surface area contributed by atoms with Crippen molar-refractivity contribution in [3.63, 3.8) is 0 Å². The molecule has 0 aliphatic rings. The van der Waals surface area contributed by atoms with Crippen LogP contribution in [-0.2, 0) is 11.2 Å². The summed E-state index contributed by atoms with van der Waals surface area (Å²) in [6, 6.07) is 6.21. The zero-order chi connectivity index (χ0) is 16.8. The van der Waals surface area contributed by atoms with Crippen molar-refractivity contribution in [3.05, 3.63) is 51.7 Å². The van der Waals surface area contributed by atoms with E-state index in [0.717, 1.165) is 5.56 Å². The van der Waals surface area contributed by atoms with Gasteiger partial charge in [0, 0.05) is 18.3 Å². The van der Waals surface area contributed by atoms with E-state index in [0.29, 0.717) is 24.4 Å². The van der Waals surface area contributed by atoms with Crippen LogP contribution >= 0.6 is 11.3 Å². The van der Waals surface area contributed by atoms with Gasteiger partial charge in [-0.05, 0) is 24.1 Å². The lowest BCUT2D eigenvalue weighted by atomic mass is 10.1. The molecule has 1 amide bonds. The highest BCUT2D eigenvalue weighted by Crippen LogP contribution is 2.17. The first-order valence-corrected chi connectivity index (χ1v) is 8.07. The van der Waals surface area contributed by atoms with Crippen molar-refractivity contribution in [1.82, 2.24) is 9.88 Å². The number of hydrogen-bond acceptors (Lipinski definition) is 4. The van der Waals surface area contributed by atoms with Crippen molar-refractivity contribution in [1.29, 1.82) is 0 Å². The smallest absolute Gasteiger partial charge is 0.323 e. The standard InChI is InChI=1S/C16H17FN2O3S/c1-2-6-19(9-15(20)21)16(22)13-10-23-14(18-13)8-11-4-3-5-12(17)7-11/h3-5,7,10H,2,6,8-9H2,1H3,(H,20,21). The number of hydrogen-bond donors (Lipinski definition) is 1. The molecule has 0 saturated heterocycles. The largest absolute Gasteiger partial charge is 0.480 e. The van der Waals surface area contributed by atoms with Crippen molar-refractivity contribution >= 4 is 23.2 Å². The van der Waals surface area contributed by atoms with E-state index in [1.54, 1.807) is 17.5 Å². The van der Waals surface area contributed by atoms with Crippen LogP contribution in [0.15, 0.2) is 29.6 Å². The summed E-state index contributed by atoms with van der Waals surface area (Å²) in [6.45, 7) is 1.89. The van der Waals surface area contributed by atoms with E-state index in [4.69, 9.17) is 5.11 Å². The number of thiazole rings is 1. The van der Waals surface area contributed by atoms with Gasteiger partial charge in [-0.2, -0.15) is 0 Å². The number of carbonyl (C=O) groups excluding carboxylic acids is 1. The van der Waals surface area contributed by atoms with Gasteiger partial charge in [-0.15, -0.1) is 11.3 Å². The molecule has 7 heteroatoms. The van der Waals surface area contributed by atoms with E-state index in [9.17, 15) is 14.0 Å². The number of halogens is 1. The third-order valence-electron chi connectivity index (χ3n) is 3.12. The Balaban J connectivity index is 2.10. The van der Waals surface area contributed by atoms with Crippen LogP contribution in [0.4, 0.5) is 4.39 Å². The van der Waals surface area contributed by atoms with Gasteiger partial charge in [0.2, 0.25) is 0 Å². The fourth-order valence-corrected chi connectivity index (χ4v) is 2.96. The molecule has 0 radical (unpaired) electrons. The highest BCUT2D eigenvalue weighted by atomic mass is 32.1. The van der Waals surface area contributed by atoms with E-state index in [2.05, 4.69) is 4.98 Å². The SMILES string of the molecule is CCCN(CC(=O)O)C(=O)c1csc(Cc2cccc(F)c2)n1. The van der Waals surface area contributed by atoms with Crippen LogP contribution in [0.25, 0.3) is 0 Å². The fraction of sp³-hybridized carbons (Fsp3) is 0.312. The molecule has 2 aromatic rings. The number of carboxylic acids is 1. The van der Waals surface area contributed by atoms with E-state index < -0.39 is 11.9 Å². The van der Waals surface area contributed by atoms with Crippen LogP contribution in [0.2, 0.25) is 0 Å². The number of amides is 1. The Hall–Kier alpha value is -2.28. The Labute approximate surface area is 137 Å². The van der Waals surface area contributed by atoms with Gasteiger partial charge < -0.3 is 10.0 Å². The molecule has 1 N–H and O–H groups in total. The lowest BCUT2D eigenvalue weighted by Crippen LogP contribution is -2.36. The van der Waals surface area contributed by atoms with Crippen molar-refractivity contribution in [2.45, 2.75) is 19.8 Å². The van der Waals surface area contributed by atoms with Crippen LogP contribution in [0.3, 0.4) is 0 Å². The number of benzene rings is 1. The molecule has 0 aliphatic heterocycles. The molecule has 0 aliphatic carbocycles. The topological polar surface area (TPSA) is 70.5 Å². The van der Waals surface area contributed by atoms with Crippen molar-refractivity contribution in [2.24, 2.45) is 0 Å². The summed E-state index contributed by atoms with van der Waals surface area (Å²) < 4.78 is 13.2. The van der Waals surface area contributed by atoms with Gasteiger partial charge in [0.1, 0.15) is 18.1 Å². The van der Waals surface area contributed by atoms with Gasteiger partial charge in [0.25, 0.3) is 5.91 Å². The van der Waals surface area contributed by atoms with Crippen molar-refractivity contribution < 1.29 is 19.1 Å². The predicted molar refractivity (Wildman–Crippen MR) is 85.2 cm³/mol. The minimum absolute atomic E-state index is 0.233. The van der Waals surface area contributed by atoms with Gasteiger partial charge in [-0.25, -0.2) is 9.37 Å². The van der Waals surface area contributed by atoms with E-state index in [-0.39, 0.29) is 18.1 Å². The zero-order valence-electron chi connectivity index (χ0n) is 12.7. The summed E-state index contributed by atoms with van der Waals surface area (Å²) in [6.07, 6.45) is 1.10. The Bertz CT molecular complexity index is 702. The lowest BCUT2D eigenvalue weighted by molar-refractivity contribution is -0.137. The van der Waals surface area contributed by atoms with Crippen LogP contribution in [0.1, 0.15) is 34.4 Å². The van der Waals surface area contributed by atoms with Crippen LogP contribution in [0, 0.1) is 5.82 Å². The van der Waals surface area contributed by atoms with E-state index in [1.165, 1.54) is 28.4 Å². The predicted octanol–water partition coefficient (Wildman–Crippen LogP) is 2.81. The molecule has 0 bridgehead atoms. The fourth-order valence-electron chi connectivity index (χ4n) is 2.16. The summed E-state index contributed by atoms with van der Waals surface area (Å²) in [5.74, 6) is -1.76. The maximum atomic E-state index is 13.2. The van der Waals surface area contributed by atoms with Gasteiger partial charge in [-0.3, -0.25) is 9.59 Å². The van der Waals surface area contributed by atoms with E-state index >= 15 is 0 Å². The zero-order valence-corrected chi connectivity index (χ0v) is 13.5. The second kappa shape index (κ2) is 7.82. The first-order chi connectivity index (χ1) is 11.0. The average Bonchev–Trinajstić information content (AvgIpc) is 2.94. The Morgan fingerprint density at radius 2 is 2.17 bits per heavy atom. The Kier molecular flexibility index (Phi) is 5.81. The van der Waals surface area contributed by atoms with Gasteiger partial charge in [-0.1, -0.05) is 19.1 Å². The van der Waals surface area contributed by atoms with Gasteiger partial charge in [0.15, 0.2) is 0 Å². The van der Waals surface area contributed by atoms with Crippen LogP contribution in [0.5, 0.6) is 0 Å². The molecular formula is C16H17FN2O3S. The molecule has 5 nitrogen and oxygen atoms in total. The molecule has 1 heterocycles. The number of rotatable bonds is 7. The summed E-state index contributed by atoms with van der Waals surface area (Å²) in [5, 5.41) is 11.2. The third-order valence-corrected chi connectivity index (χ3v) is 3.97. The number of carbonyl (C=O) groups is 2. The van der Waals surface area contributed by atoms with E-state index in [1.807, 2.05) is 6.92 Å². The molecule has 1 aromatic carbocycles. The molecular weight excluding hydrogens is 319 g/mol. The van der Waals surface area contributed by atoms with Crippen LogP contribution < -0.4 is 0 Å². The normalized spacial score (nSPS) is 10.5. The molecule has 1 aromatic heterocycles. The van der Waals surface area contributed by atoms with Crippen LogP contribution in [-0.4, -0.2) is 40.0 Å². The average molecular weight is 336 g/mol. The summed E-state index contributed by atoms with van der Waals surface area (Å²) in [7, 11) is 0. The van der Waals surface area contributed by atoms with Gasteiger partial charge >= 0.3 is 5.97 Å². The molecule has 0 saturated carbocycles. The molecule has 2 rings (SSSR count). The molecule has 0 atom stereocenters. The summed E-state index contributed by atoms with van der Waals surface area (Å²) in [4.78, 5) is 28.7. The molecule has 23 heavy (non-hydrogen) atoms. The van der Waals surface area contributed by atoms with Gasteiger partial charge in [0.05, 0.1) is 5.01 Å². The molecule has 122 valence electrons. The maximum Gasteiger partial charge on any atom is 0.323 e. The number of aliphatic carboxylic acids is 1. The highest BCUT2D eigenvalue weighted by Gasteiger charge is 2.20. The number of nitrogens with zero attached hydrogens (tertiary/aromatic N) is 2. The quantitative estimate of drug-likeness (QED) is 0.844. The van der Waals surface area contributed by atoms with Crippen molar-refractivity contribution in [2.75, 3.05) is 13.1 Å². The minimum atomic E-state index is -1.05. The monoisotopic (exact) mass is 336 g/mol. The molecule has 0 spiro atoms. The Morgan fingerprint density at radius 3 is 2.83 bits per heavy atom. The summed E-state index contributed by atoms with van der Waals surface area (Å²) in [5.41, 5.74) is 1.01. The number of carboxylic acid groups (broad SMARTS) is 1. The maximum absolute atomic E-state index is 13.2. The first-order valence-electron chi connectivity index (χ1n) is 7.19. The first kappa shape index (κ1) is 17.1. The Morgan fingerprint density at radius 1 is 1.39 bits per heavy atom.